The van der Waals surface area contributed by atoms with E-state index in [-0.39, 0.29) is 23.5 Å². The summed E-state index contributed by atoms with van der Waals surface area (Å²) in [5.41, 5.74) is 2.66. The molecule has 3 aromatic rings. The number of nitrogens with zero attached hydrogens (tertiary/aromatic N) is 1. The number of aliphatic hydroxyl groups is 1. The molecule has 0 aliphatic carbocycles. The lowest BCUT2D eigenvalue weighted by Crippen LogP contribution is -2.29. The van der Waals surface area contributed by atoms with Crippen LogP contribution in [0.25, 0.3) is 5.76 Å². The van der Waals surface area contributed by atoms with E-state index in [1.165, 1.54) is 4.90 Å². The molecule has 0 bridgehead atoms. The smallest absolute Gasteiger partial charge is 0.300 e. The molecule has 1 amide bonds. The fourth-order valence-corrected chi connectivity index (χ4v) is 5.01. The second-order valence-corrected chi connectivity index (χ2v) is 9.79. The molecule has 196 valence electrons. The molecule has 2 aliphatic heterocycles. The molecule has 0 saturated carbocycles. The molecule has 38 heavy (non-hydrogen) atoms. The van der Waals surface area contributed by atoms with E-state index in [9.17, 15) is 14.7 Å². The Kier molecular flexibility index (Phi) is 6.85. The van der Waals surface area contributed by atoms with E-state index >= 15 is 0 Å². The van der Waals surface area contributed by atoms with Gasteiger partial charge in [0.2, 0.25) is 0 Å². The average Bonchev–Trinajstić information content (AvgIpc) is 3.40. The molecule has 1 saturated heterocycles. The highest BCUT2D eigenvalue weighted by molar-refractivity contribution is 6.51. The number of hydrogen-bond donors (Lipinski definition) is 1. The summed E-state index contributed by atoms with van der Waals surface area (Å²) in [6, 6.07) is 18.8. The summed E-state index contributed by atoms with van der Waals surface area (Å²) < 4.78 is 17.1. The van der Waals surface area contributed by atoms with Gasteiger partial charge in [0.05, 0.1) is 24.3 Å². The van der Waals surface area contributed by atoms with E-state index in [1.54, 1.807) is 36.4 Å². The first-order valence-corrected chi connectivity index (χ1v) is 12.9. The fourth-order valence-electron chi connectivity index (χ4n) is 5.01. The Morgan fingerprint density at radius 2 is 1.71 bits per heavy atom. The van der Waals surface area contributed by atoms with Crippen molar-refractivity contribution in [3.8, 4) is 17.2 Å². The lowest BCUT2D eigenvalue weighted by atomic mass is 9.94. The third kappa shape index (κ3) is 4.72. The number of benzene rings is 3. The molecule has 2 atom stereocenters. The zero-order chi connectivity index (χ0) is 27.0. The van der Waals surface area contributed by atoms with E-state index in [4.69, 9.17) is 14.2 Å². The lowest BCUT2D eigenvalue weighted by molar-refractivity contribution is -0.132. The summed E-state index contributed by atoms with van der Waals surface area (Å²) in [6.45, 7) is 8.27. The first-order valence-electron chi connectivity index (χ1n) is 12.9. The van der Waals surface area contributed by atoms with Crippen LogP contribution in [0, 0.1) is 0 Å². The minimum absolute atomic E-state index is 0.00171. The molecule has 1 N–H and O–H groups in total. The number of rotatable bonds is 7. The van der Waals surface area contributed by atoms with Crippen LogP contribution in [0.3, 0.4) is 0 Å². The van der Waals surface area contributed by atoms with Crippen LogP contribution >= 0.6 is 0 Å². The van der Waals surface area contributed by atoms with Crippen LogP contribution in [-0.4, -0.2) is 35.6 Å². The van der Waals surface area contributed by atoms with Gasteiger partial charge in [0, 0.05) is 17.7 Å². The van der Waals surface area contributed by atoms with Crippen molar-refractivity contribution in [1.82, 2.24) is 0 Å². The number of ether oxygens (including phenoxy) is 3. The minimum atomic E-state index is -0.829. The lowest BCUT2D eigenvalue weighted by Gasteiger charge is -2.26. The Morgan fingerprint density at radius 3 is 2.37 bits per heavy atom. The van der Waals surface area contributed by atoms with Gasteiger partial charge in [-0.3, -0.25) is 14.5 Å². The van der Waals surface area contributed by atoms with Crippen LogP contribution in [0.4, 0.5) is 5.69 Å². The Balaban J connectivity index is 1.62. The summed E-state index contributed by atoms with van der Waals surface area (Å²) in [6.07, 6.45) is 0.749. The van der Waals surface area contributed by atoms with Crippen LogP contribution < -0.4 is 19.1 Å². The molecular formula is C31H31NO6. The van der Waals surface area contributed by atoms with Gasteiger partial charge in [-0.15, -0.1) is 0 Å². The zero-order valence-corrected chi connectivity index (χ0v) is 21.9. The number of anilines is 1. The van der Waals surface area contributed by atoms with Crippen molar-refractivity contribution in [2.75, 3.05) is 11.5 Å². The number of ketones is 1. The van der Waals surface area contributed by atoms with Crippen LogP contribution in [0.5, 0.6) is 17.2 Å². The quantitative estimate of drug-likeness (QED) is 0.243. The standard InChI is InChI=1S/C31H31NO6/c1-5-36-24-13-9-23(10-14-24)32-28(20-6-11-25(12-7-20)37-18(2)3)27(30(34)31(32)35)29(33)21-8-15-26-22(17-21)16-19(4)38-26/h6-15,17-19,28,33H,5,16H2,1-4H3/b29-27-. The highest BCUT2D eigenvalue weighted by atomic mass is 16.5. The minimum Gasteiger partial charge on any atom is -0.507 e. The zero-order valence-electron chi connectivity index (χ0n) is 21.9. The Hall–Kier alpha value is -4.26. The van der Waals surface area contributed by atoms with Gasteiger partial charge < -0.3 is 19.3 Å². The number of fused-ring (bicyclic) bond motifs is 1. The summed E-state index contributed by atoms with van der Waals surface area (Å²) in [7, 11) is 0. The number of Topliss-reactive ketones (excluding diaryl/α,β-unsaturated/α-hetero) is 1. The van der Waals surface area contributed by atoms with Crippen LogP contribution in [0.1, 0.15) is 50.4 Å². The Bertz CT molecular complexity index is 1390. The normalized spacial score (nSPS) is 20.0. The third-order valence-corrected chi connectivity index (χ3v) is 6.61. The molecule has 2 heterocycles. The molecule has 0 spiro atoms. The molecule has 7 nitrogen and oxygen atoms in total. The molecular weight excluding hydrogens is 482 g/mol. The van der Waals surface area contributed by atoms with Crippen molar-refractivity contribution in [1.29, 1.82) is 0 Å². The van der Waals surface area contributed by atoms with E-state index in [0.29, 0.717) is 41.3 Å². The van der Waals surface area contributed by atoms with Crippen LogP contribution in [0.2, 0.25) is 0 Å². The molecule has 0 radical (unpaired) electrons. The summed E-state index contributed by atoms with van der Waals surface area (Å²) in [5, 5.41) is 11.5. The van der Waals surface area contributed by atoms with Gasteiger partial charge >= 0.3 is 0 Å². The van der Waals surface area contributed by atoms with Crippen molar-refractivity contribution in [3.05, 3.63) is 89.0 Å². The van der Waals surface area contributed by atoms with Crippen molar-refractivity contribution in [3.63, 3.8) is 0 Å². The SMILES string of the molecule is CCOc1ccc(N2C(=O)C(=O)/C(=C(\O)c3ccc4c(c3)CC(C)O4)C2c2ccc(OC(C)C)cc2)cc1. The summed E-state index contributed by atoms with van der Waals surface area (Å²) >= 11 is 0. The van der Waals surface area contributed by atoms with Crippen molar-refractivity contribution in [2.24, 2.45) is 0 Å². The highest BCUT2D eigenvalue weighted by Gasteiger charge is 2.47. The van der Waals surface area contributed by atoms with Crippen LogP contribution in [0.15, 0.2) is 72.3 Å². The van der Waals surface area contributed by atoms with Gasteiger partial charge in [-0.25, -0.2) is 0 Å². The van der Waals surface area contributed by atoms with Crippen molar-refractivity contribution >= 4 is 23.1 Å². The first-order chi connectivity index (χ1) is 18.3. The predicted molar refractivity (Wildman–Crippen MR) is 145 cm³/mol. The van der Waals surface area contributed by atoms with E-state index in [2.05, 4.69) is 0 Å². The fraction of sp³-hybridized carbons (Fsp3) is 0.290. The molecule has 5 rings (SSSR count). The second kappa shape index (κ2) is 10.2. The van der Waals surface area contributed by atoms with Gasteiger partial charge in [-0.1, -0.05) is 12.1 Å². The maximum atomic E-state index is 13.5. The highest BCUT2D eigenvalue weighted by Crippen LogP contribution is 2.43. The van der Waals surface area contributed by atoms with E-state index in [1.807, 2.05) is 58.0 Å². The monoisotopic (exact) mass is 513 g/mol. The van der Waals surface area contributed by atoms with E-state index in [0.717, 1.165) is 11.3 Å². The maximum Gasteiger partial charge on any atom is 0.300 e. The van der Waals surface area contributed by atoms with Gasteiger partial charge in [-0.05, 0) is 93.4 Å². The number of carbonyl (C=O) groups is 2. The summed E-state index contributed by atoms with van der Waals surface area (Å²) in [4.78, 5) is 28.3. The maximum absolute atomic E-state index is 13.5. The largest absolute Gasteiger partial charge is 0.507 e. The third-order valence-electron chi connectivity index (χ3n) is 6.61. The first kappa shape index (κ1) is 25.4. The average molecular weight is 514 g/mol. The Morgan fingerprint density at radius 1 is 1.03 bits per heavy atom. The van der Waals surface area contributed by atoms with Crippen molar-refractivity contribution in [2.45, 2.75) is 52.4 Å². The number of amides is 1. The second-order valence-electron chi connectivity index (χ2n) is 9.79. The molecule has 2 unspecified atom stereocenters. The van der Waals surface area contributed by atoms with Crippen molar-refractivity contribution < 1.29 is 28.9 Å². The van der Waals surface area contributed by atoms with Gasteiger partial charge in [0.25, 0.3) is 11.7 Å². The van der Waals surface area contributed by atoms with Gasteiger partial charge in [0.15, 0.2) is 0 Å². The number of aliphatic hydroxyl groups excluding tert-OH is 1. The van der Waals surface area contributed by atoms with Gasteiger partial charge in [0.1, 0.15) is 29.1 Å². The molecule has 1 fully saturated rings. The molecule has 2 aliphatic rings. The Labute approximate surface area is 222 Å². The van der Waals surface area contributed by atoms with Gasteiger partial charge in [-0.2, -0.15) is 0 Å². The predicted octanol–water partition coefficient (Wildman–Crippen LogP) is 5.82. The number of hydrogen-bond acceptors (Lipinski definition) is 6. The van der Waals surface area contributed by atoms with E-state index < -0.39 is 17.7 Å². The molecule has 0 aromatic heterocycles. The number of carbonyl (C=O) groups excluding carboxylic acids is 2. The topological polar surface area (TPSA) is 85.3 Å². The summed E-state index contributed by atoms with van der Waals surface area (Å²) in [5.74, 6) is 0.437. The molecule has 3 aromatic carbocycles. The molecule has 7 heteroatoms. The van der Waals surface area contributed by atoms with Crippen LogP contribution in [-0.2, 0) is 16.0 Å².